The molecule has 1 rings (SSSR count). The smallest absolute Gasteiger partial charge is 0.0615 e. The van der Waals surface area contributed by atoms with Crippen LogP contribution in [0.2, 0.25) is 0 Å². The minimum Gasteiger partial charge on any atom is -0.399 e. The molecule has 0 aliphatic heterocycles. The average molecular weight is 149 g/mol. The van der Waals surface area contributed by atoms with Crippen LogP contribution in [0, 0.1) is 0 Å². The number of aliphatic hydroxyl groups excluding tert-OH is 1. The summed E-state index contributed by atoms with van der Waals surface area (Å²) in [6.45, 7) is 0.0643. The summed E-state index contributed by atoms with van der Waals surface area (Å²) < 4.78 is 0. The van der Waals surface area contributed by atoms with E-state index in [-0.39, 0.29) is 6.61 Å². The molecule has 0 atom stereocenters. The molecule has 0 aliphatic carbocycles. The zero-order valence-corrected chi connectivity index (χ0v) is 6.20. The van der Waals surface area contributed by atoms with Crippen LogP contribution in [-0.4, -0.2) is 11.7 Å². The van der Waals surface area contributed by atoms with Crippen molar-refractivity contribution in [3.8, 4) is 0 Å². The molecule has 0 saturated heterocycles. The van der Waals surface area contributed by atoms with Crippen molar-refractivity contribution >= 4 is 11.8 Å². The predicted octanol–water partition coefficient (Wildman–Crippen LogP) is 1.27. The SMILES string of the molecule is Nc1cccc(/C=C\CO)c1. The van der Waals surface area contributed by atoms with Crippen LogP contribution in [0.5, 0.6) is 0 Å². The Morgan fingerprint density at radius 1 is 1.45 bits per heavy atom. The molecule has 1 aromatic carbocycles. The van der Waals surface area contributed by atoms with Crippen molar-refractivity contribution in [3.63, 3.8) is 0 Å². The van der Waals surface area contributed by atoms with Gasteiger partial charge in [0.1, 0.15) is 0 Å². The molecule has 0 heterocycles. The first kappa shape index (κ1) is 7.82. The van der Waals surface area contributed by atoms with Crippen LogP contribution >= 0.6 is 0 Å². The van der Waals surface area contributed by atoms with Crippen molar-refractivity contribution in [1.29, 1.82) is 0 Å². The van der Waals surface area contributed by atoms with E-state index in [1.54, 1.807) is 6.08 Å². The molecule has 2 heteroatoms. The fraction of sp³-hybridized carbons (Fsp3) is 0.111. The number of aliphatic hydroxyl groups is 1. The number of anilines is 1. The monoisotopic (exact) mass is 149 g/mol. The van der Waals surface area contributed by atoms with E-state index < -0.39 is 0 Å². The van der Waals surface area contributed by atoms with E-state index in [4.69, 9.17) is 10.8 Å². The maximum atomic E-state index is 8.48. The molecule has 2 nitrogen and oxygen atoms in total. The summed E-state index contributed by atoms with van der Waals surface area (Å²) in [4.78, 5) is 0. The van der Waals surface area contributed by atoms with E-state index in [2.05, 4.69) is 0 Å². The van der Waals surface area contributed by atoms with E-state index in [9.17, 15) is 0 Å². The van der Waals surface area contributed by atoms with Gasteiger partial charge in [0.25, 0.3) is 0 Å². The van der Waals surface area contributed by atoms with Gasteiger partial charge in [-0.3, -0.25) is 0 Å². The summed E-state index contributed by atoms with van der Waals surface area (Å²) in [5.74, 6) is 0. The first-order chi connectivity index (χ1) is 5.33. The number of rotatable bonds is 2. The van der Waals surface area contributed by atoms with Crippen molar-refractivity contribution < 1.29 is 5.11 Å². The molecule has 3 N–H and O–H groups in total. The van der Waals surface area contributed by atoms with Gasteiger partial charge in [0.2, 0.25) is 0 Å². The van der Waals surface area contributed by atoms with Gasteiger partial charge in [-0.05, 0) is 17.7 Å². The lowest BCUT2D eigenvalue weighted by atomic mass is 10.2. The van der Waals surface area contributed by atoms with E-state index in [0.29, 0.717) is 0 Å². The van der Waals surface area contributed by atoms with E-state index in [1.165, 1.54) is 0 Å². The lowest BCUT2D eigenvalue weighted by Crippen LogP contribution is -1.83. The third kappa shape index (κ3) is 2.43. The summed E-state index contributed by atoms with van der Waals surface area (Å²) >= 11 is 0. The summed E-state index contributed by atoms with van der Waals surface area (Å²) in [5, 5.41) is 8.48. The number of nitrogens with two attached hydrogens (primary N) is 1. The third-order valence-electron chi connectivity index (χ3n) is 1.33. The number of hydrogen-bond donors (Lipinski definition) is 2. The van der Waals surface area contributed by atoms with Crippen LogP contribution in [0.4, 0.5) is 5.69 Å². The van der Waals surface area contributed by atoms with Crippen molar-refractivity contribution in [1.82, 2.24) is 0 Å². The summed E-state index contributed by atoms with van der Waals surface area (Å²) in [6, 6.07) is 7.50. The van der Waals surface area contributed by atoms with Crippen LogP contribution in [0.3, 0.4) is 0 Å². The third-order valence-corrected chi connectivity index (χ3v) is 1.33. The Morgan fingerprint density at radius 3 is 2.91 bits per heavy atom. The average Bonchev–Trinajstić information content (AvgIpc) is 2.01. The fourth-order valence-electron chi connectivity index (χ4n) is 0.851. The van der Waals surface area contributed by atoms with E-state index in [0.717, 1.165) is 11.3 Å². The zero-order chi connectivity index (χ0) is 8.10. The number of benzene rings is 1. The largest absolute Gasteiger partial charge is 0.399 e. The van der Waals surface area contributed by atoms with Crippen molar-refractivity contribution in [3.05, 3.63) is 35.9 Å². The molecule has 58 valence electrons. The molecule has 0 saturated carbocycles. The molecular weight excluding hydrogens is 138 g/mol. The summed E-state index contributed by atoms with van der Waals surface area (Å²) in [7, 11) is 0. The Balaban J connectivity index is 2.79. The quantitative estimate of drug-likeness (QED) is 0.622. The molecule has 11 heavy (non-hydrogen) atoms. The summed E-state index contributed by atoms with van der Waals surface area (Å²) in [6.07, 6.45) is 3.51. The maximum Gasteiger partial charge on any atom is 0.0615 e. The normalized spacial score (nSPS) is 10.6. The van der Waals surface area contributed by atoms with Gasteiger partial charge in [-0.1, -0.05) is 24.3 Å². The molecule has 1 aromatic rings. The number of nitrogen functional groups attached to an aromatic ring is 1. The van der Waals surface area contributed by atoms with Gasteiger partial charge < -0.3 is 10.8 Å². The van der Waals surface area contributed by atoms with Crippen LogP contribution in [0.15, 0.2) is 30.3 Å². The highest BCUT2D eigenvalue weighted by atomic mass is 16.2. The van der Waals surface area contributed by atoms with Crippen molar-refractivity contribution in [2.45, 2.75) is 0 Å². The minimum atomic E-state index is 0.0643. The van der Waals surface area contributed by atoms with Crippen LogP contribution in [0.25, 0.3) is 6.08 Å². The molecule has 0 amide bonds. The second-order valence-electron chi connectivity index (χ2n) is 2.26. The van der Waals surface area contributed by atoms with Gasteiger partial charge in [0.05, 0.1) is 6.61 Å². The van der Waals surface area contributed by atoms with Crippen LogP contribution in [0.1, 0.15) is 5.56 Å². The highest BCUT2D eigenvalue weighted by Gasteiger charge is 1.85. The van der Waals surface area contributed by atoms with Crippen molar-refractivity contribution in [2.75, 3.05) is 12.3 Å². The van der Waals surface area contributed by atoms with Gasteiger partial charge >= 0.3 is 0 Å². The highest BCUT2D eigenvalue weighted by molar-refractivity contribution is 5.55. The second-order valence-corrected chi connectivity index (χ2v) is 2.26. The maximum absolute atomic E-state index is 8.48. The standard InChI is InChI=1S/C9H11NO/c10-9-5-1-3-8(7-9)4-2-6-11/h1-5,7,11H,6,10H2/b4-2-. The van der Waals surface area contributed by atoms with E-state index in [1.807, 2.05) is 30.3 Å². The van der Waals surface area contributed by atoms with Gasteiger partial charge in [-0.25, -0.2) is 0 Å². The summed E-state index contributed by atoms with van der Waals surface area (Å²) in [5.41, 5.74) is 7.29. The Labute approximate surface area is 66.0 Å². The Bertz CT molecular complexity index is 255. The molecule has 0 aliphatic rings. The van der Waals surface area contributed by atoms with Crippen molar-refractivity contribution in [2.24, 2.45) is 0 Å². The van der Waals surface area contributed by atoms with Crippen LogP contribution in [-0.2, 0) is 0 Å². The van der Waals surface area contributed by atoms with Gasteiger partial charge in [-0.15, -0.1) is 0 Å². The molecule has 0 bridgehead atoms. The van der Waals surface area contributed by atoms with Gasteiger partial charge in [-0.2, -0.15) is 0 Å². The highest BCUT2D eigenvalue weighted by Crippen LogP contribution is 2.07. The lowest BCUT2D eigenvalue weighted by molar-refractivity contribution is 0.343. The van der Waals surface area contributed by atoms with Gasteiger partial charge in [0, 0.05) is 5.69 Å². The lowest BCUT2D eigenvalue weighted by Gasteiger charge is -1.94. The molecule has 0 unspecified atom stereocenters. The molecule has 0 fully saturated rings. The first-order valence-electron chi connectivity index (χ1n) is 3.46. The molecule has 0 spiro atoms. The molecule has 0 radical (unpaired) electrons. The Kier molecular flexibility index (Phi) is 2.69. The Morgan fingerprint density at radius 2 is 2.27 bits per heavy atom. The zero-order valence-electron chi connectivity index (χ0n) is 6.20. The van der Waals surface area contributed by atoms with E-state index >= 15 is 0 Å². The number of hydrogen-bond acceptors (Lipinski definition) is 2. The molecule has 0 aromatic heterocycles. The minimum absolute atomic E-state index is 0.0643. The fourth-order valence-corrected chi connectivity index (χ4v) is 0.851. The topological polar surface area (TPSA) is 46.2 Å². The molecular formula is C9H11NO. The second kappa shape index (κ2) is 3.78. The predicted molar refractivity (Wildman–Crippen MR) is 47.0 cm³/mol. The van der Waals surface area contributed by atoms with Gasteiger partial charge in [0.15, 0.2) is 0 Å². The van der Waals surface area contributed by atoms with Crippen LogP contribution < -0.4 is 5.73 Å². The first-order valence-corrected chi connectivity index (χ1v) is 3.46. The Hall–Kier alpha value is -1.28.